The van der Waals surface area contributed by atoms with Gasteiger partial charge in [0.2, 0.25) is 11.8 Å². The molecule has 1 aromatic carbocycles. The van der Waals surface area contributed by atoms with Crippen molar-refractivity contribution in [3.8, 4) is 0 Å². The monoisotopic (exact) mass is 987 g/mol. The number of nitrogens with zero attached hydrogens (tertiary/aromatic N) is 1. The molecule has 0 bridgehead atoms. The van der Waals surface area contributed by atoms with Crippen molar-refractivity contribution in [3.63, 3.8) is 0 Å². The van der Waals surface area contributed by atoms with Gasteiger partial charge in [-0.2, -0.15) is 0 Å². The third-order valence-corrected chi connectivity index (χ3v) is 23.7. The minimum Gasteiger partial charge on any atom is -0.445 e. The van der Waals surface area contributed by atoms with Crippen LogP contribution < -0.4 is 16.0 Å². The van der Waals surface area contributed by atoms with E-state index in [0.717, 1.165) is 99.6 Å². The Morgan fingerprint density at radius 3 is 1.82 bits per heavy atom. The van der Waals surface area contributed by atoms with E-state index in [1.807, 2.05) is 35.2 Å². The van der Waals surface area contributed by atoms with Crippen molar-refractivity contribution in [1.29, 1.82) is 0 Å². The van der Waals surface area contributed by atoms with Crippen LogP contribution in [0, 0.1) is 70.0 Å². The molecule has 3 amide bonds. The number of carbonyl (C=O) groups excluding carboxylic acids is 3. The lowest BCUT2D eigenvalue weighted by atomic mass is 9.57. The van der Waals surface area contributed by atoms with Crippen molar-refractivity contribution in [1.82, 2.24) is 20.9 Å². The van der Waals surface area contributed by atoms with E-state index in [0.29, 0.717) is 66.3 Å². The second-order valence-corrected chi connectivity index (χ2v) is 27.4. The summed E-state index contributed by atoms with van der Waals surface area (Å²) in [7, 11) is 0. The molecule has 6 aliphatic heterocycles. The highest BCUT2D eigenvalue weighted by Crippen LogP contribution is 2.65. The van der Waals surface area contributed by atoms with Crippen LogP contribution in [-0.2, 0) is 30.4 Å². The van der Waals surface area contributed by atoms with Crippen LogP contribution in [0.25, 0.3) is 0 Å². The Hall–Kier alpha value is -3.21. The summed E-state index contributed by atoms with van der Waals surface area (Å²) < 4.78 is 20.0. The van der Waals surface area contributed by atoms with E-state index in [2.05, 4.69) is 71.3 Å². The van der Waals surface area contributed by atoms with Crippen molar-refractivity contribution in [2.45, 2.75) is 225 Å². The number of nitrogens with one attached hydrogen (secondary N) is 3. The van der Waals surface area contributed by atoms with Crippen molar-refractivity contribution in [2.24, 2.45) is 70.0 Å². The van der Waals surface area contributed by atoms with E-state index >= 15 is 0 Å². The Morgan fingerprint density at radius 2 is 1.24 bits per heavy atom. The molecule has 0 unspecified atom stereocenters. The molecule has 6 saturated heterocycles. The maximum Gasteiger partial charge on any atom is 0.410 e. The average molecular weight is 987 g/mol. The van der Waals surface area contributed by atoms with Gasteiger partial charge >= 0.3 is 6.09 Å². The first kappa shape index (κ1) is 49.7. The van der Waals surface area contributed by atoms with Gasteiger partial charge in [-0.3, -0.25) is 9.59 Å². The molecule has 0 aromatic heterocycles. The number of likely N-dealkylation sites (tertiary alicyclic amines) is 1. The quantitative estimate of drug-likeness (QED) is 0.253. The number of rotatable bonds is 2. The lowest BCUT2D eigenvalue weighted by Gasteiger charge is -2.52. The SMILES string of the molecule is CC1=C2C[C@H]3[C@@H](CC[C@H]4NC(=O)CC[C@@]43C)[C@@H]2CC[C@@]2(C1)O[C@@H]1C[C@H](C)CN(C(=O)OCc3ccccc3)[C@H]1[C@H]2C.CC1=C2C[C@H]3[C@@H](CC[C@H]4NC(=O)CC[C@@]43C)[C@@H]2CC[C@@]2(C1)O[C@@H]1C[C@H](C)CN[C@H]1[C@H]2C. The Balaban J connectivity index is 0.000000153. The van der Waals surface area contributed by atoms with E-state index < -0.39 is 0 Å². The summed E-state index contributed by atoms with van der Waals surface area (Å²) in [6.45, 7) is 21.4. The lowest BCUT2D eigenvalue weighted by Crippen LogP contribution is -2.57. The average Bonchev–Trinajstić information content (AvgIpc) is 4.03. The van der Waals surface area contributed by atoms with Gasteiger partial charge in [0.1, 0.15) is 6.61 Å². The molecule has 4 saturated carbocycles. The van der Waals surface area contributed by atoms with Crippen molar-refractivity contribution < 1.29 is 28.6 Å². The van der Waals surface area contributed by atoms with Gasteiger partial charge in [-0.25, -0.2) is 4.79 Å². The second kappa shape index (κ2) is 18.5. The number of carbonyl (C=O) groups is 3. The molecule has 0 radical (unpaired) electrons. The number of hydrogen-bond acceptors (Lipinski definition) is 7. The van der Waals surface area contributed by atoms with Crippen LogP contribution >= 0.6 is 0 Å². The van der Waals surface area contributed by atoms with Crippen LogP contribution in [0.4, 0.5) is 4.79 Å². The highest BCUT2D eigenvalue weighted by Gasteiger charge is 2.63. The molecule has 394 valence electrons. The van der Waals surface area contributed by atoms with Gasteiger partial charge in [0.05, 0.1) is 29.5 Å². The standard InChI is InChI=1S/C35H48N2O4.C27H42N2O2/c1-21-16-29-32(37(19-21)33(39)40-20-24-8-6-5-7-9-24)23(3)35(41-29)15-12-25-26-10-11-30-34(4,14-13-31(38)36-30)28(26)17-27(25)22(2)18-35;1-15-11-22-25(28-14-15)17(3)27(31-22)10-7-18-19-5-6-23-26(4,9-8-24(30)29-23)21(19)12-20(18)16(2)13-27/h5-9,21,23,25-26,28-30,32H,10-20H2,1-4H3,(H,36,38);15,17-19,21-23,25,28H,5-14H2,1-4H3,(H,29,30)/t21-,23+,25-,26-,28-,29+,30+,32-,34+,35-;15-,17+,18-,19-,21-,22+,23+,25-,26+,27-/m00/s1. The molecule has 12 aliphatic rings. The molecule has 10 fully saturated rings. The van der Waals surface area contributed by atoms with Gasteiger partial charge < -0.3 is 35.1 Å². The predicted molar refractivity (Wildman–Crippen MR) is 280 cm³/mol. The van der Waals surface area contributed by atoms with E-state index in [9.17, 15) is 14.4 Å². The Labute approximate surface area is 432 Å². The molecule has 1 aromatic rings. The van der Waals surface area contributed by atoms with Crippen LogP contribution in [0.3, 0.4) is 0 Å². The summed E-state index contributed by atoms with van der Waals surface area (Å²) in [5.74, 6) is 6.84. The van der Waals surface area contributed by atoms with Gasteiger partial charge in [0, 0.05) is 49.3 Å². The number of amides is 3. The van der Waals surface area contributed by atoms with Crippen LogP contribution in [0.1, 0.15) is 177 Å². The molecule has 72 heavy (non-hydrogen) atoms. The van der Waals surface area contributed by atoms with Crippen molar-refractivity contribution >= 4 is 17.9 Å². The van der Waals surface area contributed by atoms with Crippen LogP contribution in [0.15, 0.2) is 52.6 Å². The van der Waals surface area contributed by atoms with Crippen LogP contribution in [-0.4, -0.2) is 83.5 Å². The summed E-state index contributed by atoms with van der Waals surface area (Å²) in [4.78, 5) is 39.8. The molecule has 20 atom stereocenters. The second-order valence-electron chi connectivity index (χ2n) is 27.4. The Kier molecular flexibility index (Phi) is 12.8. The maximum atomic E-state index is 13.5. The van der Waals surface area contributed by atoms with Crippen LogP contribution in [0.5, 0.6) is 0 Å². The molecule has 3 N–H and O–H groups in total. The van der Waals surface area contributed by atoms with Crippen LogP contribution in [0.2, 0.25) is 0 Å². The first-order valence-corrected chi connectivity index (χ1v) is 29.5. The van der Waals surface area contributed by atoms with Gasteiger partial charge in [-0.15, -0.1) is 0 Å². The zero-order chi connectivity index (χ0) is 50.1. The maximum absolute atomic E-state index is 13.5. The largest absolute Gasteiger partial charge is 0.445 e. The highest BCUT2D eigenvalue weighted by molar-refractivity contribution is 5.78. The van der Waals surface area contributed by atoms with Crippen molar-refractivity contribution in [3.05, 3.63) is 58.2 Å². The number of piperidine rings is 4. The summed E-state index contributed by atoms with van der Waals surface area (Å²) in [6, 6.07) is 11.3. The Bertz CT molecular complexity index is 2350. The van der Waals surface area contributed by atoms with E-state index in [4.69, 9.17) is 14.2 Å². The zero-order valence-corrected chi connectivity index (χ0v) is 45.4. The number of benzene rings is 1. The number of fused-ring (bicyclic) bond motifs is 12. The Morgan fingerprint density at radius 1 is 0.694 bits per heavy atom. The van der Waals surface area contributed by atoms with E-state index in [1.165, 1.54) is 57.8 Å². The molecular weight excluding hydrogens is 897 g/mol. The lowest BCUT2D eigenvalue weighted by molar-refractivity contribution is -0.130. The predicted octanol–water partition coefficient (Wildman–Crippen LogP) is 11.2. The number of hydrogen-bond donors (Lipinski definition) is 3. The normalized spacial score (nSPS) is 48.0. The van der Waals surface area contributed by atoms with Gasteiger partial charge in [0.25, 0.3) is 0 Å². The molecule has 10 nitrogen and oxygen atoms in total. The van der Waals surface area contributed by atoms with E-state index in [1.54, 1.807) is 22.3 Å². The van der Waals surface area contributed by atoms with Gasteiger partial charge in [-0.05, 0) is 187 Å². The molecule has 13 rings (SSSR count). The first-order chi connectivity index (χ1) is 34.5. The molecular formula is C62H90N4O6. The smallest absolute Gasteiger partial charge is 0.410 e. The molecule has 6 heterocycles. The summed E-state index contributed by atoms with van der Waals surface area (Å²) in [6.07, 6.45) is 20.2. The third kappa shape index (κ3) is 8.11. The molecule has 6 aliphatic carbocycles. The minimum absolute atomic E-state index is 0.0449. The number of allylic oxidation sites excluding steroid dienone is 2. The van der Waals surface area contributed by atoms with Gasteiger partial charge in [-0.1, -0.05) is 94.2 Å². The molecule has 2 spiro atoms. The topological polar surface area (TPSA) is 118 Å². The van der Waals surface area contributed by atoms with E-state index in [-0.39, 0.29) is 52.6 Å². The molecule has 10 heteroatoms. The highest BCUT2D eigenvalue weighted by atomic mass is 16.6. The summed E-state index contributed by atoms with van der Waals surface area (Å²) >= 11 is 0. The first-order valence-electron chi connectivity index (χ1n) is 29.5. The summed E-state index contributed by atoms with van der Waals surface area (Å²) in [5, 5.41) is 10.6. The zero-order valence-electron chi connectivity index (χ0n) is 45.4. The fourth-order valence-corrected chi connectivity index (χ4v) is 19.8. The summed E-state index contributed by atoms with van der Waals surface area (Å²) in [5.41, 5.74) is 8.04. The van der Waals surface area contributed by atoms with Gasteiger partial charge in [0.15, 0.2) is 0 Å². The number of ether oxygens (including phenoxy) is 3. The third-order valence-electron chi connectivity index (χ3n) is 23.7. The minimum atomic E-state index is -0.214. The fourth-order valence-electron chi connectivity index (χ4n) is 19.8. The van der Waals surface area contributed by atoms with Crippen molar-refractivity contribution in [2.75, 3.05) is 13.1 Å². The fraction of sp³-hybridized carbons (Fsp3) is 0.790.